The van der Waals surface area contributed by atoms with Crippen LogP contribution in [0.5, 0.6) is 0 Å². The predicted molar refractivity (Wildman–Crippen MR) is 82.2 cm³/mol. The second-order valence-corrected chi connectivity index (χ2v) is 4.78. The fourth-order valence-electron chi connectivity index (χ4n) is 1.92. The van der Waals surface area contributed by atoms with Gasteiger partial charge in [-0.25, -0.2) is 0 Å². The first kappa shape index (κ1) is 14.3. The van der Waals surface area contributed by atoms with Gasteiger partial charge in [0.25, 0.3) is 0 Å². The zero-order chi connectivity index (χ0) is 14.5. The highest BCUT2D eigenvalue weighted by Gasteiger charge is 2.14. The van der Waals surface area contributed by atoms with Gasteiger partial charge in [-0.1, -0.05) is 30.3 Å². The molecule has 0 radical (unpaired) electrons. The van der Waals surface area contributed by atoms with Crippen LogP contribution in [0.1, 0.15) is 27.3 Å². The summed E-state index contributed by atoms with van der Waals surface area (Å²) in [5, 5.41) is 0.355. The van der Waals surface area contributed by atoms with Gasteiger partial charge in [-0.3, -0.25) is 9.78 Å². The lowest BCUT2D eigenvalue weighted by atomic mass is 10.0. The largest absolute Gasteiger partial charge is 0.486 e. The number of hydrogen-bond donors (Lipinski definition) is 0. The van der Waals surface area contributed by atoms with Crippen LogP contribution in [0.2, 0.25) is 0 Å². The maximum absolute atomic E-state index is 12.3. The minimum absolute atomic E-state index is 0.0175. The molecule has 0 saturated carbocycles. The molecule has 0 N–H and O–H groups in total. The number of ether oxygens (including phenoxy) is 1. The number of nitrogens with zero attached hydrogens (tertiary/aromatic N) is 1. The molecule has 1 heterocycles. The molecule has 1 aromatic heterocycles. The van der Waals surface area contributed by atoms with Gasteiger partial charge in [0.05, 0.1) is 24.8 Å². The summed E-state index contributed by atoms with van der Waals surface area (Å²) in [5.74, 6) is 0.0175. The van der Waals surface area contributed by atoms with Crippen molar-refractivity contribution < 1.29 is 9.53 Å². The van der Waals surface area contributed by atoms with Crippen LogP contribution in [-0.4, -0.2) is 22.9 Å². The van der Waals surface area contributed by atoms with Crippen molar-refractivity contribution in [2.24, 2.45) is 0 Å². The molecule has 102 valence electrons. The van der Waals surface area contributed by atoms with Crippen molar-refractivity contribution >= 4 is 23.1 Å². The molecule has 0 amide bonds. The summed E-state index contributed by atoms with van der Waals surface area (Å²) in [6, 6.07) is 12.9. The fourth-order valence-corrected chi connectivity index (χ4v) is 2.11. The maximum Gasteiger partial charge on any atom is 0.192 e. The maximum atomic E-state index is 12.3. The minimum Gasteiger partial charge on any atom is -0.486 e. The Bertz CT molecular complexity index is 638. The molecule has 0 unspecified atom stereocenters. The summed E-state index contributed by atoms with van der Waals surface area (Å²) in [5.41, 5.74) is 2.89. The third-order valence-corrected chi connectivity index (χ3v) is 3.33. The van der Waals surface area contributed by atoms with Crippen LogP contribution in [0, 0.1) is 6.92 Å². The monoisotopic (exact) mass is 285 g/mol. The molecule has 0 aliphatic heterocycles. The number of aromatic nitrogens is 1. The van der Waals surface area contributed by atoms with Gasteiger partial charge < -0.3 is 4.74 Å². The van der Waals surface area contributed by atoms with E-state index in [1.165, 1.54) is 7.11 Å². The van der Waals surface area contributed by atoms with Gasteiger partial charge in [0, 0.05) is 11.3 Å². The number of ketones is 1. The Balaban J connectivity index is 2.31. The van der Waals surface area contributed by atoms with Gasteiger partial charge >= 0.3 is 0 Å². The van der Waals surface area contributed by atoms with E-state index in [1.807, 2.05) is 37.3 Å². The lowest BCUT2D eigenvalue weighted by Gasteiger charge is -2.09. The smallest absolute Gasteiger partial charge is 0.192 e. The minimum atomic E-state index is 0.0175. The Morgan fingerprint density at radius 1 is 1.20 bits per heavy atom. The van der Waals surface area contributed by atoms with E-state index in [9.17, 15) is 4.79 Å². The van der Waals surface area contributed by atoms with Crippen LogP contribution in [0.15, 0.2) is 42.5 Å². The van der Waals surface area contributed by atoms with Crippen LogP contribution in [-0.2, 0) is 11.2 Å². The highest BCUT2D eigenvalue weighted by Crippen LogP contribution is 2.13. The van der Waals surface area contributed by atoms with Crippen molar-refractivity contribution in [1.82, 2.24) is 4.98 Å². The van der Waals surface area contributed by atoms with Crippen molar-refractivity contribution in [3.63, 3.8) is 0 Å². The topological polar surface area (TPSA) is 39.2 Å². The number of aryl methyl sites for hydroxylation is 1. The average molecular weight is 285 g/mol. The summed E-state index contributed by atoms with van der Waals surface area (Å²) >= 11 is 5.15. The first-order chi connectivity index (χ1) is 9.61. The summed E-state index contributed by atoms with van der Waals surface area (Å²) in [6.45, 7) is 1.89. The zero-order valence-corrected chi connectivity index (χ0v) is 12.2. The number of methoxy groups -OCH3 is 1. The molecule has 1 aromatic carbocycles. The van der Waals surface area contributed by atoms with E-state index in [2.05, 4.69) is 4.98 Å². The van der Waals surface area contributed by atoms with E-state index in [0.717, 1.165) is 5.69 Å². The first-order valence-electron chi connectivity index (χ1n) is 6.25. The number of Topliss-reactive ketones (excluding diaryl/α,β-unsaturated/α-hetero) is 1. The number of pyridine rings is 1. The normalized spacial score (nSPS) is 10.1. The summed E-state index contributed by atoms with van der Waals surface area (Å²) in [7, 11) is 1.52. The number of benzene rings is 1. The average Bonchev–Trinajstić information content (AvgIpc) is 2.47. The molecular weight excluding hydrogens is 270 g/mol. The Hall–Kier alpha value is -2.07. The van der Waals surface area contributed by atoms with E-state index in [1.54, 1.807) is 12.1 Å². The number of carbonyl (C=O) groups is 1. The third-order valence-electron chi connectivity index (χ3n) is 2.94. The summed E-state index contributed by atoms with van der Waals surface area (Å²) < 4.78 is 5.08. The van der Waals surface area contributed by atoms with Gasteiger partial charge in [-0.15, -0.1) is 0 Å². The molecular formula is C16H15NO2S. The number of hydrogen-bond acceptors (Lipinski definition) is 4. The highest BCUT2D eigenvalue weighted by molar-refractivity contribution is 7.80. The van der Waals surface area contributed by atoms with Gasteiger partial charge in [-0.05, 0) is 31.3 Å². The van der Waals surface area contributed by atoms with E-state index >= 15 is 0 Å². The van der Waals surface area contributed by atoms with Crippen LogP contribution in [0.25, 0.3) is 0 Å². The van der Waals surface area contributed by atoms with Crippen LogP contribution >= 0.6 is 12.2 Å². The first-order valence-corrected chi connectivity index (χ1v) is 6.65. The Morgan fingerprint density at radius 2 is 1.90 bits per heavy atom. The molecule has 0 aliphatic carbocycles. The molecule has 4 heteroatoms. The van der Waals surface area contributed by atoms with Gasteiger partial charge in [0.2, 0.25) is 0 Å². The van der Waals surface area contributed by atoms with Crippen molar-refractivity contribution in [2.45, 2.75) is 13.3 Å². The number of carbonyl (C=O) groups excluding carboxylic acids is 1. The SMILES string of the molecule is COC(=S)c1ccc(C)nc1CC(=O)c1ccccc1. The predicted octanol–water partition coefficient (Wildman–Crippen LogP) is 3.14. The zero-order valence-electron chi connectivity index (χ0n) is 11.4. The molecule has 3 nitrogen and oxygen atoms in total. The summed E-state index contributed by atoms with van der Waals surface area (Å²) in [4.78, 5) is 16.7. The van der Waals surface area contributed by atoms with Gasteiger partial charge in [0.15, 0.2) is 10.8 Å². The molecule has 0 fully saturated rings. The van der Waals surface area contributed by atoms with Crippen molar-refractivity contribution in [3.05, 3.63) is 65.0 Å². The highest BCUT2D eigenvalue weighted by atomic mass is 32.1. The van der Waals surface area contributed by atoms with Gasteiger partial charge in [0.1, 0.15) is 0 Å². The standard InChI is InChI=1S/C16H15NO2S/c1-11-8-9-13(16(20)19-2)14(17-11)10-15(18)12-6-4-3-5-7-12/h3-9H,10H2,1-2H3. The molecule has 0 aliphatic rings. The second kappa shape index (κ2) is 6.39. The molecule has 0 saturated heterocycles. The van der Waals surface area contributed by atoms with Gasteiger partial charge in [-0.2, -0.15) is 0 Å². The summed E-state index contributed by atoms with van der Waals surface area (Å²) in [6.07, 6.45) is 0.213. The molecule has 0 atom stereocenters. The lowest BCUT2D eigenvalue weighted by Crippen LogP contribution is -2.12. The Kier molecular flexibility index (Phi) is 4.58. The van der Waals surface area contributed by atoms with Crippen LogP contribution in [0.4, 0.5) is 0 Å². The van der Waals surface area contributed by atoms with E-state index in [0.29, 0.717) is 21.9 Å². The van der Waals surface area contributed by atoms with E-state index in [4.69, 9.17) is 17.0 Å². The molecule has 2 aromatic rings. The Morgan fingerprint density at radius 3 is 2.55 bits per heavy atom. The van der Waals surface area contributed by atoms with Crippen LogP contribution in [0.3, 0.4) is 0 Å². The molecule has 0 spiro atoms. The lowest BCUT2D eigenvalue weighted by molar-refractivity contribution is 0.0992. The van der Waals surface area contributed by atoms with Crippen LogP contribution < -0.4 is 0 Å². The van der Waals surface area contributed by atoms with Crippen molar-refractivity contribution in [3.8, 4) is 0 Å². The molecule has 0 bridgehead atoms. The number of rotatable bonds is 4. The quantitative estimate of drug-likeness (QED) is 0.639. The molecule has 20 heavy (non-hydrogen) atoms. The van der Waals surface area contributed by atoms with E-state index in [-0.39, 0.29) is 12.2 Å². The number of thiocarbonyl (C=S) groups is 1. The third kappa shape index (κ3) is 3.27. The van der Waals surface area contributed by atoms with Crippen molar-refractivity contribution in [2.75, 3.05) is 7.11 Å². The Labute approximate surface area is 123 Å². The van der Waals surface area contributed by atoms with Crippen molar-refractivity contribution in [1.29, 1.82) is 0 Å². The van der Waals surface area contributed by atoms with E-state index < -0.39 is 0 Å². The second-order valence-electron chi connectivity index (χ2n) is 4.40. The molecule has 2 rings (SSSR count). The fraction of sp³-hybridized carbons (Fsp3) is 0.188.